The fourth-order valence-corrected chi connectivity index (χ4v) is 2.10. The van der Waals surface area contributed by atoms with Gasteiger partial charge in [-0.05, 0) is 17.7 Å². The van der Waals surface area contributed by atoms with Crippen LogP contribution in [-0.4, -0.2) is 16.0 Å². The maximum atomic E-state index is 6.06. The highest BCUT2D eigenvalue weighted by atomic mass is 35.5. The van der Waals surface area contributed by atoms with E-state index < -0.39 is 0 Å². The summed E-state index contributed by atoms with van der Waals surface area (Å²) in [4.78, 5) is 4.20. The van der Waals surface area contributed by atoms with E-state index in [0.29, 0.717) is 40.5 Å². The largest absolute Gasteiger partial charge is 0.339 e. The summed E-state index contributed by atoms with van der Waals surface area (Å²) in [5, 5.41) is 5.05. The van der Waals surface area contributed by atoms with Gasteiger partial charge in [0.2, 0.25) is 5.89 Å². The minimum atomic E-state index is 0.449. The van der Waals surface area contributed by atoms with Crippen LogP contribution in [0.1, 0.15) is 17.3 Å². The Bertz CT molecular complexity index is 493. The van der Waals surface area contributed by atoms with Gasteiger partial charge in [-0.15, -0.1) is 11.6 Å². The third kappa shape index (κ3) is 3.12. The van der Waals surface area contributed by atoms with Crippen LogP contribution in [0, 0.1) is 0 Å². The standard InChI is InChI=1S/C11H9Cl3N2O/c12-5-4-11-15-10(16-17-11)6-7-8(13)2-1-3-9(7)14/h1-3H,4-6H2. The van der Waals surface area contributed by atoms with E-state index in [4.69, 9.17) is 39.3 Å². The van der Waals surface area contributed by atoms with Gasteiger partial charge in [0.1, 0.15) is 0 Å². The molecule has 0 amide bonds. The van der Waals surface area contributed by atoms with E-state index >= 15 is 0 Å². The highest BCUT2D eigenvalue weighted by Crippen LogP contribution is 2.26. The molecule has 90 valence electrons. The molecule has 0 radical (unpaired) electrons. The quantitative estimate of drug-likeness (QED) is 0.805. The zero-order chi connectivity index (χ0) is 12.3. The number of nitrogens with zero attached hydrogens (tertiary/aromatic N) is 2. The first kappa shape index (κ1) is 12.7. The van der Waals surface area contributed by atoms with Gasteiger partial charge in [-0.1, -0.05) is 34.4 Å². The highest BCUT2D eigenvalue weighted by molar-refractivity contribution is 6.36. The zero-order valence-electron chi connectivity index (χ0n) is 8.79. The Labute approximate surface area is 114 Å². The zero-order valence-corrected chi connectivity index (χ0v) is 11.1. The van der Waals surface area contributed by atoms with Crippen molar-refractivity contribution in [1.29, 1.82) is 0 Å². The number of hydrogen-bond donors (Lipinski definition) is 0. The van der Waals surface area contributed by atoms with Crippen molar-refractivity contribution in [2.24, 2.45) is 0 Å². The summed E-state index contributed by atoms with van der Waals surface area (Å²) in [6.45, 7) is 0. The lowest BCUT2D eigenvalue weighted by Gasteiger charge is -2.02. The fourth-order valence-electron chi connectivity index (χ4n) is 1.40. The first-order valence-corrected chi connectivity index (χ1v) is 6.30. The number of halogens is 3. The lowest BCUT2D eigenvalue weighted by molar-refractivity contribution is 0.378. The van der Waals surface area contributed by atoms with Crippen molar-refractivity contribution < 1.29 is 4.52 Å². The summed E-state index contributed by atoms with van der Waals surface area (Å²) in [6.07, 6.45) is 1.01. The normalized spacial score (nSPS) is 10.8. The molecule has 1 aromatic heterocycles. The van der Waals surface area contributed by atoms with Crippen molar-refractivity contribution in [3.05, 3.63) is 45.5 Å². The minimum Gasteiger partial charge on any atom is -0.339 e. The SMILES string of the molecule is ClCCc1nc(Cc2c(Cl)cccc2Cl)no1. The van der Waals surface area contributed by atoms with Crippen LogP contribution in [0.4, 0.5) is 0 Å². The van der Waals surface area contributed by atoms with Crippen molar-refractivity contribution in [3.8, 4) is 0 Å². The number of aromatic nitrogens is 2. The predicted molar refractivity (Wildman–Crippen MR) is 68.0 cm³/mol. The van der Waals surface area contributed by atoms with Crippen molar-refractivity contribution >= 4 is 34.8 Å². The number of rotatable bonds is 4. The number of benzene rings is 1. The summed E-state index contributed by atoms with van der Waals surface area (Å²) in [7, 11) is 0. The molecule has 2 rings (SSSR count). The first-order chi connectivity index (χ1) is 8.20. The molecule has 0 unspecified atom stereocenters. The smallest absolute Gasteiger partial charge is 0.227 e. The Hall–Kier alpha value is -0.770. The van der Waals surface area contributed by atoms with Crippen LogP contribution in [-0.2, 0) is 12.8 Å². The third-order valence-corrected chi connectivity index (χ3v) is 3.11. The average molecular weight is 292 g/mol. The van der Waals surface area contributed by atoms with Gasteiger partial charge < -0.3 is 4.52 Å². The van der Waals surface area contributed by atoms with Gasteiger partial charge in [0, 0.05) is 28.8 Å². The van der Waals surface area contributed by atoms with Crippen LogP contribution >= 0.6 is 34.8 Å². The van der Waals surface area contributed by atoms with E-state index in [1.165, 1.54) is 0 Å². The molecule has 1 aromatic carbocycles. The van der Waals surface area contributed by atoms with Crippen LogP contribution < -0.4 is 0 Å². The molecule has 0 aliphatic rings. The second kappa shape index (κ2) is 5.71. The lowest BCUT2D eigenvalue weighted by atomic mass is 10.1. The van der Waals surface area contributed by atoms with Gasteiger partial charge >= 0.3 is 0 Å². The molecule has 0 N–H and O–H groups in total. The van der Waals surface area contributed by atoms with Gasteiger partial charge in [-0.2, -0.15) is 4.98 Å². The number of alkyl halides is 1. The lowest BCUT2D eigenvalue weighted by Crippen LogP contribution is -1.94. The van der Waals surface area contributed by atoms with Crippen LogP contribution in [0.5, 0.6) is 0 Å². The van der Waals surface area contributed by atoms with Crippen LogP contribution in [0.2, 0.25) is 10.0 Å². The summed E-state index contributed by atoms with van der Waals surface area (Å²) in [6, 6.07) is 5.36. The summed E-state index contributed by atoms with van der Waals surface area (Å²) in [5.74, 6) is 1.53. The average Bonchev–Trinajstić information content (AvgIpc) is 2.72. The fraction of sp³-hybridized carbons (Fsp3) is 0.273. The van der Waals surface area contributed by atoms with Crippen molar-refractivity contribution in [1.82, 2.24) is 10.1 Å². The minimum absolute atomic E-state index is 0.449. The Kier molecular flexibility index (Phi) is 4.26. The van der Waals surface area contributed by atoms with Crippen molar-refractivity contribution in [2.75, 3.05) is 5.88 Å². The molecule has 17 heavy (non-hydrogen) atoms. The molecule has 0 spiro atoms. The van der Waals surface area contributed by atoms with Crippen molar-refractivity contribution in [3.63, 3.8) is 0 Å². The Balaban J connectivity index is 2.19. The molecule has 0 saturated heterocycles. The summed E-state index contributed by atoms with van der Waals surface area (Å²) >= 11 is 17.7. The maximum absolute atomic E-state index is 6.06. The molecule has 0 atom stereocenters. The highest BCUT2D eigenvalue weighted by Gasteiger charge is 2.11. The molecular weight excluding hydrogens is 282 g/mol. The first-order valence-electron chi connectivity index (χ1n) is 5.01. The predicted octanol–water partition coefficient (Wildman–Crippen LogP) is 3.75. The molecule has 0 fully saturated rings. The van der Waals surface area contributed by atoms with E-state index in [-0.39, 0.29) is 0 Å². The van der Waals surface area contributed by atoms with Crippen LogP contribution in [0.15, 0.2) is 22.7 Å². The Morgan fingerprint density at radius 1 is 1.18 bits per heavy atom. The van der Waals surface area contributed by atoms with Crippen molar-refractivity contribution in [2.45, 2.75) is 12.8 Å². The molecule has 2 aromatic rings. The monoisotopic (exact) mass is 290 g/mol. The van der Waals surface area contributed by atoms with Gasteiger partial charge in [0.05, 0.1) is 0 Å². The molecule has 0 saturated carbocycles. The third-order valence-electron chi connectivity index (χ3n) is 2.22. The van der Waals surface area contributed by atoms with Crippen LogP contribution in [0.3, 0.4) is 0 Å². The number of aryl methyl sites for hydroxylation is 1. The Morgan fingerprint density at radius 3 is 2.53 bits per heavy atom. The van der Waals surface area contributed by atoms with E-state index in [2.05, 4.69) is 10.1 Å². The second-order valence-corrected chi connectivity index (χ2v) is 4.61. The molecule has 0 aliphatic heterocycles. The van der Waals surface area contributed by atoms with Gasteiger partial charge in [0.15, 0.2) is 5.82 Å². The number of hydrogen-bond acceptors (Lipinski definition) is 3. The van der Waals surface area contributed by atoms with Gasteiger partial charge in [-0.25, -0.2) is 0 Å². The summed E-state index contributed by atoms with van der Waals surface area (Å²) < 4.78 is 5.03. The molecule has 6 heteroatoms. The summed E-state index contributed by atoms with van der Waals surface area (Å²) in [5.41, 5.74) is 0.800. The molecule has 3 nitrogen and oxygen atoms in total. The van der Waals surface area contributed by atoms with E-state index in [0.717, 1.165) is 5.56 Å². The molecule has 0 aliphatic carbocycles. The van der Waals surface area contributed by atoms with Crippen LogP contribution in [0.25, 0.3) is 0 Å². The van der Waals surface area contributed by atoms with Gasteiger partial charge in [0.25, 0.3) is 0 Å². The molecule has 0 bridgehead atoms. The van der Waals surface area contributed by atoms with Gasteiger partial charge in [-0.3, -0.25) is 0 Å². The topological polar surface area (TPSA) is 38.9 Å². The van der Waals surface area contributed by atoms with E-state index in [1.54, 1.807) is 18.2 Å². The molecule has 1 heterocycles. The second-order valence-electron chi connectivity index (χ2n) is 3.42. The maximum Gasteiger partial charge on any atom is 0.227 e. The van der Waals surface area contributed by atoms with E-state index in [9.17, 15) is 0 Å². The molecular formula is C11H9Cl3N2O. The van der Waals surface area contributed by atoms with E-state index in [1.807, 2.05) is 0 Å². The Morgan fingerprint density at radius 2 is 1.88 bits per heavy atom.